The second kappa shape index (κ2) is 5.44. The van der Waals surface area contributed by atoms with Crippen molar-refractivity contribution in [3.63, 3.8) is 0 Å². The lowest BCUT2D eigenvalue weighted by Crippen LogP contribution is -2.31. The van der Waals surface area contributed by atoms with Crippen LogP contribution in [0.25, 0.3) is 11.0 Å². The van der Waals surface area contributed by atoms with Crippen molar-refractivity contribution in [3.8, 4) is 0 Å². The van der Waals surface area contributed by atoms with Gasteiger partial charge < -0.3 is 9.80 Å². The van der Waals surface area contributed by atoms with Gasteiger partial charge in [-0.2, -0.15) is 0 Å². The van der Waals surface area contributed by atoms with Crippen LogP contribution < -0.4 is 9.80 Å². The van der Waals surface area contributed by atoms with Crippen molar-refractivity contribution in [1.82, 2.24) is 9.97 Å². The lowest BCUT2D eigenvalue weighted by atomic mass is 10.2. The summed E-state index contributed by atoms with van der Waals surface area (Å²) in [6.45, 7) is 9.45. The number of aromatic nitrogens is 2. The zero-order valence-electron chi connectivity index (χ0n) is 12.0. The van der Waals surface area contributed by atoms with E-state index in [4.69, 9.17) is 0 Å². The molecule has 112 valence electrons. The van der Waals surface area contributed by atoms with Crippen LogP contribution in [0.15, 0.2) is 43.5 Å². The average Bonchev–Trinajstić information content (AvgIpc) is 2.83. The molecule has 3 rings (SSSR count). The number of hydrogen-bond acceptors (Lipinski definition) is 6. The number of fused-ring (bicyclic) bond motifs is 2. The number of nitro benzene ring substituents is 1. The molecule has 0 amide bonds. The molecule has 0 radical (unpaired) electrons. The van der Waals surface area contributed by atoms with Crippen LogP contribution in [-0.2, 0) is 0 Å². The van der Waals surface area contributed by atoms with Gasteiger partial charge in [-0.05, 0) is 6.07 Å². The van der Waals surface area contributed by atoms with E-state index < -0.39 is 4.92 Å². The number of non-ortho nitro benzene ring substituents is 1. The molecule has 1 aliphatic heterocycles. The second-order valence-electron chi connectivity index (χ2n) is 4.96. The van der Waals surface area contributed by atoms with Crippen LogP contribution in [0, 0.1) is 10.1 Å². The van der Waals surface area contributed by atoms with Crippen molar-refractivity contribution in [1.29, 1.82) is 0 Å². The Kier molecular flexibility index (Phi) is 3.46. The van der Waals surface area contributed by atoms with Crippen molar-refractivity contribution < 1.29 is 4.92 Å². The van der Waals surface area contributed by atoms with E-state index in [-0.39, 0.29) is 5.69 Å². The van der Waals surface area contributed by atoms with Gasteiger partial charge in [-0.3, -0.25) is 10.1 Å². The fourth-order valence-electron chi connectivity index (χ4n) is 2.50. The van der Waals surface area contributed by atoms with E-state index in [1.165, 1.54) is 12.1 Å². The highest BCUT2D eigenvalue weighted by Gasteiger charge is 2.28. The summed E-state index contributed by atoms with van der Waals surface area (Å²) >= 11 is 0. The smallest absolute Gasteiger partial charge is 0.271 e. The van der Waals surface area contributed by atoms with Gasteiger partial charge >= 0.3 is 0 Å². The Morgan fingerprint density at radius 2 is 1.73 bits per heavy atom. The third-order valence-corrected chi connectivity index (χ3v) is 3.46. The maximum Gasteiger partial charge on any atom is 0.271 e. The van der Waals surface area contributed by atoms with E-state index in [2.05, 4.69) is 28.0 Å². The first-order chi connectivity index (χ1) is 10.6. The molecule has 0 bridgehead atoms. The molecular formula is C15H15N5O2. The molecule has 2 aromatic rings. The molecule has 7 nitrogen and oxygen atoms in total. The third-order valence-electron chi connectivity index (χ3n) is 3.46. The summed E-state index contributed by atoms with van der Waals surface area (Å²) in [7, 11) is 0. The Balaban J connectivity index is 2.14. The molecule has 0 fully saturated rings. The van der Waals surface area contributed by atoms with Gasteiger partial charge in [-0.15, -0.1) is 13.2 Å². The minimum absolute atomic E-state index is 0.0120. The van der Waals surface area contributed by atoms with Crippen molar-refractivity contribution in [2.75, 3.05) is 29.6 Å². The number of hydrogen-bond donors (Lipinski definition) is 0. The molecule has 7 heteroatoms. The van der Waals surface area contributed by atoms with E-state index in [1.54, 1.807) is 12.1 Å². The van der Waals surface area contributed by atoms with Crippen LogP contribution in [0.3, 0.4) is 0 Å². The first-order valence-corrected chi connectivity index (χ1v) is 6.82. The predicted octanol–water partition coefficient (Wildman–Crippen LogP) is 2.49. The monoisotopic (exact) mass is 297 g/mol. The van der Waals surface area contributed by atoms with Crippen LogP contribution in [0.2, 0.25) is 0 Å². The number of nitro groups is 1. The summed E-state index contributed by atoms with van der Waals surface area (Å²) in [5.74, 6) is 1.48. The van der Waals surface area contributed by atoms with Crippen molar-refractivity contribution in [3.05, 3.63) is 53.6 Å². The minimum Gasteiger partial charge on any atom is -0.332 e. The van der Waals surface area contributed by atoms with Crippen LogP contribution >= 0.6 is 0 Å². The fourth-order valence-corrected chi connectivity index (χ4v) is 2.50. The van der Waals surface area contributed by atoms with Crippen LogP contribution in [0.5, 0.6) is 0 Å². The van der Waals surface area contributed by atoms with Crippen LogP contribution in [0.4, 0.5) is 17.3 Å². The van der Waals surface area contributed by atoms with E-state index >= 15 is 0 Å². The van der Waals surface area contributed by atoms with E-state index in [1.807, 2.05) is 11.0 Å². The summed E-state index contributed by atoms with van der Waals surface area (Å²) in [5.41, 5.74) is 1.17. The quantitative estimate of drug-likeness (QED) is 0.479. The molecule has 0 N–H and O–H groups in total. The van der Waals surface area contributed by atoms with Crippen LogP contribution in [0.1, 0.15) is 0 Å². The Labute approximate surface area is 127 Å². The topological polar surface area (TPSA) is 75.4 Å². The molecule has 0 saturated carbocycles. The summed E-state index contributed by atoms with van der Waals surface area (Å²) in [6, 6.07) is 4.52. The molecule has 0 atom stereocenters. The highest BCUT2D eigenvalue weighted by atomic mass is 16.6. The van der Waals surface area contributed by atoms with Gasteiger partial charge in [-0.25, -0.2) is 9.97 Å². The number of rotatable bonds is 5. The van der Waals surface area contributed by atoms with Crippen molar-refractivity contribution >= 4 is 28.4 Å². The Hall–Kier alpha value is -2.96. The molecule has 0 aliphatic carbocycles. The van der Waals surface area contributed by atoms with E-state index in [0.29, 0.717) is 30.8 Å². The average molecular weight is 297 g/mol. The summed E-state index contributed by atoms with van der Waals surface area (Å²) in [6.07, 6.45) is 3.60. The fraction of sp³-hybridized carbons (Fsp3) is 0.200. The maximum absolute atomic E-state index is 10.9. The number of anilines is 2. The van der Waals surface area contributed by atoms with Gasteiger partial charge in [0.2, 0.25) is 0 Å². The number of benzene rings is 1. The molecule has 1 aromatic heterocycles. The highest BCUT2D eigenvalue weighted by molar-refractivity contribution is 5.84. The van der Waals surface area contributed by atoms with Gasteiger partial charge in [0.15, 0.2) is 11.6 Å². The van der Waals surface area contributed by atoms with Gasteiger partial charge in [0.1, 0.15) is 0 Å². The Bertz CT molecular complexity index is 774. The van der Waals surface area contributed by atoms with Gasteiger partial charge in [0, 0.05) is 25.2 Å². The van der Waals surface area contributed by atoms with Gasteiger partial charge in [0.05, 0.1) is 22.6 Å². The SMILES string of the molecule is C=CCN1CN(CC=C)c2nc3cc([N+](=O)[O-])ccc3nc21. The van der Waals surface area contributed by atoms with E-state index in [0.717, 1.165) is 11.6 Å². The Morgan fingerprint density at radius 3 is 2.27 bits per heavy atom. The zero-order chi connectivity index (χ0) is 15.7. The Morgan fingerprint density at radius 1 is 1.14 bits per heavy atom. The second-order valence-corrected chi connectivity index (χ2v) is 4.96. The summed E-state index contributed by atoms with van der Waals surface area (Å²) < 4.78 is 0. The van der Waals surface area contributed by atoms with Gasteiger partial charge in [-0.1, -0.05) is 12.2 Å². The molecule has 0 spiro atoms. The van der Waals surface area contributed by atoms with E-state index in [9.17, 15) is 10.1 Å². The molecule has 2 heterocycles. The largest absolute Gasteiger partial charge is 0.332 e. The molecule has 0 saturated heterocycles. The highest BCUT2D eigenvalue weighted by Crippen LogP contribution is 2.34. The normalized spacial score (nSPS) is 13.3. The van der Waals surface area contributed by atoms with Crippen molar-refractivity contribution in [2.24, 2.45) is 0 Å². The molecule has 1 aliphatic rings. The standard InChI is InChI=1S/C15H15N5O2/c1-3-7-18-10-19(8-4-2)15-14(18)16-12-6-5-11(20(21)22)9-13(12)17-15/h3-6,9H,1-2,7-8,10H2. The lowest BCUT2D eigenvalue weighted by Gasteiger charge is -2.17. The lowest BCUT2D eigenvalue weighted by molar-refractivity contribution is -0.384. The summed E-state index contributed by atoms with van der Waals surface area (Å²) in [5, 5.41) is 10.9. The van der Waals surface area contributed by atoms with Crippen LogP contribution in [-0.4, -0.2) is 34.6 Å². The molecular weight excluding hydrogens is 282 g/mol. The molecule has 1 aromatic carbocycles. The third kappa shape index (κ3) is 2.26. The first kappa shape index (κ1) is 14.0. The number of nitrogens with zero attached hydrogens (tertiary/aromatic N) is 5. The first-order valence-electron chi connectivity index (χ1n) is 6.82. The predicted molar refractivity (Wildman–Crippen MR) is 86.1 cm³/mol. The van der Waals surface area contributed by atoms with Crippen molar-refractivity contribution in [2.45, 2.75) is 0 Å². The summed E-state index contributed by atoms with van der Waals surface area (Å²) in [4.78, 5) is 23.7. The zero-order valence-corrected chi connectivity index (χ0v) is 12.0. The molecule has 0 unspecified atom stereocenters. The molecule has 22 heavy (non-hydrogen) atoms. The maximum atomic E-state index is 10.9. The minimum atomic E-state index is -0.431. The van der Waals surface area contributed by atoms with Gasteiger partial charge in [0.25, 0.3) is 5.69 Å².